The molecule has 1 aliphatic rings. The minimum absolute atomic E-state index is 0.0796. The van der Waals surface area contributed by atoms with Gasteiger partial charge in [0.15, 0.2) is 0 Å². The molecule has 1 saturated carbocycles. The predicted molar refractivity (Wildman–Crippen MR) is 62.8 cm³/mol. The molecule has 0 aromatic rings. The van der Waals surface area contributed by atoms with E-state index in [0.717, 1.165) is 32.1 Å². The van der Waals surface area contributed by atoms with E-state index in [2.05, 4.69) is 0 Å². The van der Waals surface area contributed by atoms with Crippen LogP contribution in [0.1, 0.15) is 32.1 Å². The van der Waals surface area contributed by atoms with Crippen molar-refractivity contribution in [3.05, 3.63) is 0 Å². The highest BCUT2D eigenvalue weighted by molar-refractivity contribution is 5.78. The Hall–Kier alpha value is -0.710. The monoisotopic (exact) mass is 248 g/mol. The van der Waals surface area contributed by atoms with Crippen molar-refractivity contribution in [1.82, 2.24) is 4.90 Å². The molecule has 0 heterocycles. The van der Waals surface area contributed by atoms with E-state index in [0.29, 0.717) is 12.5 Å². The number of hydrogen-bond donors (Lipinski definition) is 1. The SMILES string of the molecule is CN(CC(F)F)C(=O)C1CCCC(CCN)C1. The lowest BCUT2D eigenvalue weighted by Crippen LogP contribution is -2.38. The van der Waals surface area contributed by atoms with Crippen LogP contribution >= 0.6 is 0 Å². The summed E-state index contributed by atoms with van der Waals surface area (Å²) >= 11 is 0. The molecule has 2 atom stereocenters. The number of hydrogen-bond acceptors (Lipinski definition) is 2. The Balaban J connectivity index is 2.45. The van der Waals surface area contributed by atoms with Crippen molar-refractivity contribution >= 4 is 5.91 Å². The van der Waals surface area contributed by atoms with Crippen LogP contribution in [-0.2, 0) is 4.79 Å². The van der Waals surface area contributed by atoms with Crippen LogP contribution in [0.5, 0.6) is 0 Å². The van der Waals surface area contributed by atoms with E-state index in [9.17, 15) is 13.6 Å². The first-order chi connectivity index (χ1) is 8.04. The maximum absolute atomic E-state index is 12.2. The maximum Gasteiger partial charge on any atom is 0.255 e. The topological polar surface area (TPSA) is 46.3 Å². The molecule has 100 valence electrons. The van der Waals surface area contributed by atoms with Gasteiger partial charge in [0.25, 0.3) is 6.43 Å². The highest BCUT2D eigenvalue weighted by Gasteiger charge is 2.29. The number of halogens is 2. The van der Waals surface area contributed by atoms with Crippen molar-refractivity contribution in [3.8, 4) is 0 Å². The quantitative estimate of drug-likeness (QED) is 0.807. The molecule has 0 bridgehead atoms. The zero-order chi connectivity index (χ0) is 12.8. The number of carbonyl (C=O) groups is 1. The summed E-state index contributed by atoms with van der Waals surface area (Å²) in [6.07, 6.45) is 2.23. The fraction of sp³-hybridized carbons (Fsp3) is 0.917. The van der Waals surface area contributed by atoms with Gasteiger partial charge in [-0.15, -0.1) is 0 Å². The molecule has 0 aliphatic heterocycles. The molecule has 17 heavy (non-hydrogen) atoms. The average molecular weight is 248 g/mol. The molecule has 0 aromatic carbocycles. The molecule has 1 rings (SSSR count). The van der Waals surface area contributed by atoms with Gasteiger partial charge in [0.1, 0.15) is 0 Å². The van der Waals surface area contributed by atoms with E-state index in [1.165, 1.54) is 11.9 Å². The van der Waals surface area contributed by atoms with Gasteiger partial charge in [0.05, 0.1) is 6.54 Å². The fourth-order valence-electron chi connectivity index (χ4n) is 2.62. The lowest BCUT2D eigenvalue weighted by Gasteiger charge is -2.30. The summed E-state index contributed by atoms with van der Waals surface area (Å²) in [7, 11) is 1.46. The van der Waals surface area contributed by atoms with Gasteiger partial charge >= 0.3 is 0 Å². The summed E-state index contributed by atoms with van der Waals surface area (Å²) < 4.78 is 24.4. The summed E-state index contributed by atoms with van der Waals surface area (Å²) in [5.41, 5.74) is 5.51. The summed E-state index contributed by atoms with van der Waals surface area (Å²) in [5.74, 6) is 0.277. The van der Waals surface area contributed by atoms with Crippen molar-refractivity contribution in [1.29, 1.82) is 0 Å². The smallest absolute Gasteiger partial charge is 0.255 e. The molecular weight excluding hydrogens is 226 g/mol. The number of alkyl halides is 2. The third-order valence-electron chi connectivity index (χ3n) is 3.50. The standard InChI is InChI=1S/C12H22F2N2O/c1-16(8-11(13)14)12(17)10-4-2-3-9(7-10)5-6-15/h9-11H,2-8,15H2,1H3. The Morgan fingerprint density at radius 1 is 1.47 bits per heavy atom. The van der Waals surface area contributed by atoms with Crippen molar-refractivity contribution in [2.45, 2.75) is 38.5 Å². The van der Waals surface area contributed by atoms with Crippen LogP contribution in [-0.4, -0.2) is 37.4 Å². The Morgan fingerprint density at radius 3 is 2.76 bits per heavy atom. The third-order valence-corrected chi connectivity index (χ3v) is 3.50. The minimum Gasteiger partial charge on any atom is -0.340 e. The minimum atomic E-state index is -2.45. The molecule has 2 unspecified atom stereocenters. The van der Waals surface area contributed by atoms with Gasteiger partial charge in [-0.1, -0.05) is 12.8 Å². The summed E-state index contributed by atoms with van der Waals surface area (Å²) in [6, 6.07) is 0. The molecule has 0 aromatic heterocycles. The lowest BCUT2D eigenvalue weighted by atomic mass is 9.79. The van der Waals surface area contributed by atoms with Gasteiger partial charge in [-0.2, -0.15) is 0 Å². The van der Waals surface area contributed by atoms with Crippen LogP contribution < -0.4 is 5.73 Å². The Labute approximate surface area is 101 Å². The summed E-state index contributed by atoms with van der Waals surface area (Å²) in [6.45, 7) is 0.176. The Bertz CT molecular complexity index is 247. The van der Waals surface area contributed by atoms with E-state index >= 15 is 0 Å². The van der Waals surface area contributed by atoms with E-state index < -0.39 is 13.0 Å². The lowest BCUT2D eigenvalue weighted by molar-refractivity contribution is -0.137. The van der Waals surface area contributed by atoms with E-state index in [-0.39, 0.29) is 11.8 Å². The number of amides is 1. The Kier molecular flexibility index (Phi) is 5.82. The maximum atomic E-state index is 12.2. The molecule has 1 aliphatic carbocycles. The molecule has 0 spiro atoms. The van der Waals surface area contributed by atoms with Gasteiger partial charge in [0.2, 0.25) is 5.91 Å². The number of nitrogens with zero attached hydrogens (tertiary/aromatic N) is 1. The fourth-order valence-corrected chi connectivity index (χ4v) is 2.62. The predicted octanol–water partition coefficient (Wildman–Crippen LogP) is 1.87. The zero-order valence-corrected chi connectivity index (χ0v) is 10.4. The van der Waals surface area contributed by atoms with Crippen molar-refractivity contribution < 1.29 is 13.6 Å². The first-order valence-corrected chi connectivity index (χ1v) is 6.27. The highest BCUT2D eigenvalue weighted by atomic mass is 19.3. The van der Waals surface area contributed by atoms with Crippen molar-refractivity contribution in [3.63, 3.8) is 0 Å². The molecule has 3 nitrogen and oxygen atoms in total. The van der Waals surface area contributed by atoms with Gasteiger partial charge in [-0.25, -0.2) is 8.78 Å². The molecule has 1 amide bonds. The second-order valence-corrected chi connectivity index (χ2v) is 4.92. The van der Waals surface area contributed by atoms with E-state index in [1.54, 1.807) is 0 Å². The zero-order valence-electron chi connectivity index (χ0n) is 10.4. The second-order valence-electron chi connectivity index (χ2n) is 4.92. The molecule has 5 heteroatoms. The van der Waals surface area contributed by atoms with Crippen LogP contribution in [0.25, 0.3) is 0 Å². The van der Waals surface area contributed by atoms with Crippen molar-refractivity contribution in [2.75, 3.05) is 20.1 Å². The molecule has 0 saturated heterocycles. The third kappa shape index (κ3) is 4.58. The van der Waals surface area contributed by atoms with Gasteiger partial charge < -0.3 is 10.6 Å². The van der Waals surface area contributed by atoms with Gasteiger partial charge in [-0.3, -0.25) is 4.79 Å². The van der Waals surface area contributed by atoms with Crippen LogP contribution in [0.3, 0.4) is 0 Å². The first kappa shape index (κ1) is 14.4. The number of carbonyl (C=O) groups excluding carboxylic acids is 1. The van der Waals surface area contributed by atoms with Crippen LogP contribution in [0.4, 0.5) is 8.78 Å². The van der Waals surface area contributed by atoms with Crippen LogP contribution in [0.15, 0.2) is 0 Å². The van der Waals surface area contributed by atoms with E-state index in [1.807, 2.05) is 0 Å². The van der Waals surface area contributed by atoms with Crippen molar-refractivity contribution in [2.24, 2.45) is 17.6 Å². The molecule has 2 N–H and O–H groups in total. The number of rotatable bonds is 5. The second kappa shape index (κ2) is 6.89. The molecular formula is C12H22F2N2O. The van der Waals surface area contributed by atoms with Gasteiger partial charge in [0, 0.05) is 13.0 Å². The first-order valence-electron chi connectivity index (χ1n) is 6.27. The van der Waals surface area contributed by atoms with Crippen LogP contribution in [0.2, 0.25) is 0 Å². The number of nitrogens with two attached hydrogens (primary N) is 1. The highest BCUT2D eigenvalue weighted by Crippen LogP contribution is 2.31. The largest absolute Gasteiger partial charge is 0.340 e. The molecule has 0 radical (unpaired) electrons. The van der Waals surface area contributed by atoms with Crippen LogP contribution in [0, 0.1) is 11.8 Å². The summed E-state index contributed by atoms with van der Waals surface area (Å²) in [4.78, 5) is 13.1. The normalized spacial score (nSPS) is 25.0. The summed E-state index contributed by atoms with van der Waals surface area (Å²) in [5, 5.41) is 0. The molecule has 1 fully saturated rings. The Morgan fingerprint density at radius 2 is 2.18 bits per heavy atom. The average Bonchev–Trinajstić information content (AvgIpc) is 2.28. The van der Waals surface area contributed by atoms with Gasteiger partial charge in [-0.05, 0) is 31.7 Å². The van der Waals surface area contributed by atoms with E-state index in [4.69, 9.17) is 5.73 Å².